The van der Waals surface area contributed by atoms with Crippen molar-refractivity contribution in [3.63, 3.8) is 0 Å². The Hall–Kier alpha value is -1.29. The number of anilines is 1. The molecule has 0 bridgehead atoms. The molecule has 0 unspecified atom stereocenters. The van der Waals surface area contributed by atoms with Gasteiger partial charge >= 0.3 is 0 Å². The number of carbonyl (C=O) groups excluding carboxylic acids is 1. The van der Waals surface area contributed by atoms with Gasteiger partial charge in [0, 0.05) is 12.7 Å². The molecule has 2 N–H and O–H groups in total. The first-order valence-corrected chi connectivity index (χ1v) is 3.68. The van der Waals surface area contributed by atoms with E-state index in [1.807, 2.05) is 24.6 Å². The third-order valence-corrected chi connectivity index (χ3v) is 1.78. The highest BCUT2D eigenvalue weighted by atomic mass is 16.3. The molecule has 4 nitrogen and oxygen atoms in total. The van der Waals surface area contributed by atoms with E-state index < -0.39 is 12.5 Å². The van der Waals surface area contributed by atoms with Crippen molar-refractivity contribution in [2.75, 3.05) is 11.9 Å². The average Bonchev–Trinajstić information content (AvgIpc) is 2.36. The second-order valence-electron chi connectivity index (χ2n) is 2.63. The molecule has 0 aliphatic carbocycles. The van der Waals surface area contributed by atoms with Crippen LogP contribution >= 0.6 is 0 Å². The van der Waals surface area contributed by atoms with Crippen LogP contribution in [-0.4, -0.2) is 22.2 Å². The van der Waals surface area contributed by atoms with Gasteiger partial charge in [-0.1, -0.05) is 0 Å². The van der Waals surface area contributed by atoms with Crippen LogP contribution in [0.15, 0.2) is 12.1 Å². The van der Waals surface area contributed by atoms with Crippen molar-refractivity contribution in [2.24, 2.45) is 7.05 Å². The van der Waals surface area contributed by atoms with Crippen molar-refractivity contribution in [2.45, 2.75) is 6.92 Å². The minimum absolute atomic E-state index is 0.392. The van der Waals surface area contributed by atoms with E-state index >= 15 is 0 Å². The van der Waals surface area contributed by atoms with Crippen molar-refractivity contribution >= 4 is 11.7 Å². The summed E-state index contributed by atoms with van der Waals surface area (Å²) >= 11 is 0. The molecule has 0 spiro atoms. The minimum atomic E-state index is -0.482. The zero-order valence-electron chi connectivity index (χ0n) is 7.16. The highest BCUT2D eigenvalue weighted by molar-refractivity contribution is 5.90. The fourth-order valence-corrected chi connectivity index (χ4v) is 0.921. The summed E-state index contributed by atoms with van der Waals surface area (Å²) in [5.74, 6) is 0.308. The summed E-state index contributed by atoms with van der Waals surface area (Å²) in [5, 5.41) is 11.0. The van der Waals surface area contributed by atoms with E-state index in [0.717, 1.165) is 5.69 Å². The monoisotopic (exact) mass is 168 g/mol. The second-order valence-corrected chi connectivity index (χ2v) is 2.63. The SMILES string of the molecule is Cc1ccc(NC(=O)CO)n1C. The standard InChI is InChI=1S/C8H12N2O2/c1-6-3-4-7(10(6)2)9-8(12)5-11/h3-4,11H,5H2,1-2H3,(H,9,12). The van der Waals surface area contributed by atoms with Crippen molar-refractivity contribution in [1.29, 1.82) is 0 Å². The number of nitrogens with one attached hydrogen (secondary N) is 1. The Morgan fingerprint density at radius 1 is 1.67 bits per heavy atom. The molecule has 1 aromatic heterocycles. The normalized spacial score (nSPS) is 9.92. The maximum absolute atomic E-state index is 10.8. The fourth-order valence-electron chi connectivity index (χ4n) is 0.921. The maximum atomic E-state index is 10.8. The van der Waals surface area contributed by atoms with Crippen molar-refractivity contribution < 1.29 is 9.90 Å². The van der Waals surface area contributed by atoms with Gasteiger partial charge in [0.1, 0.15) is 12.4 Å². The molecule has 4 heteroatoms. The third-order valence-electron chi connectivity index (χ3n) is 1.78. The van der Waals surface area contributed by atoms with Crippen LogP contribution in [0, 0.1) is 6.92 Å². The van der Waals surface area contributed by atoms with Gasteiger partial charge in [-0.2, -0.15) is 0 Å². The highest BCUT2D eigenvalue weighted by Crippen LogP contribution is 2.10. The summed E-state index contributed by atoms with van der Waals surface area (Å²) in [6.45, 7) is 1.46. The summed E-state index contributed by atoms with van der Waals surface area (Å²) in [6, 6.07) is 3.69. The number of rotatable bonds is 2. The molecule has 0 saturated heterocycles. The lowest BCUT2D eigenvalue weighted by Gasteiger charge is -2.05. The molecule has 0 atom stereocenters. The van der Waals surface area contributed by atoms with Gasteiger partial charge in [-0.05, 0) is 19.1 Å². The summed E-state index contributed by atoms with van der Waals surface area (Å²) in [7, 11) is 1.85. The van der Waals surface area contributed by atoms with Crippen LogP contribution in [0.3, 0.4) is 0 Å². The Labute approximate surface area is 70.8 Å². The van der Waals surface area contributed by atoms with E-state index in [1.54, 1.807) is 6.07 Å². The second kappa shape index (κ2) is 3.40. The number of aromatic nitrogens is 1. The minimum Gasteiger partial charge on any atom is -0.387 e. The summed E-state index contributed by atoms with van der Waals surface area (Å²) in [5.41, 5.74) is 1.06. The molecule has 0 aliphatic rings. The van der Waals surface area contributed by atoms with E-state index in [4.69, 9.17) is 5.11 Å². The highest BCUT2D eigenvalue weighted by Gasteiger charge is 2.03. The Morgan fingerprint density at radius 3 is 2.75 bits per heavy atom. The van der Waals surface area contributed by atoms with Gasteiger partial charge in [0.2, 0.25) is 0 Å². The topological polar surface area (TPSA) is 54.3 Å². The number of hydrogen-bond acceptors (Lipinski definition) is 2. The third kappa shape index (κ3) is 1.65. The van der Waals surface area contributed by atoms with Crippen LogP contribution in [0.2, 0.25) is 0 Å². The lowest BCUT2D eigenvalue weighted by Crippen LogP contribution is -2.17. The zero-order chi connectivity index (χ0) is 9.14. The number of hydrogen-bond donors (Lipinski definition) is 2. The zero-order valence-corrected chi connectivity index (χ0v) is 7.16. The van der Waals surface area contributed by atoms with Crippen LogP contribution in [-0.2, 0) is 11.8 Å². The number of carbonyl (C=O) groups is 1. The van der Waals surface area contributed by atoms with Gasteiger partial charge in [-0.25, -0.2) is 0 Å². The number of amides is 1. The molecule has 66 valence electrons. The van der Waals surface area contributed by atoms with Crippen molar-refractivity contribution in [1.82, 2.24) is 4.57 Å². The van der Waals surface area contributed by atoms with Crippen LogP contribution in [0.25, 0.3) is 0 Å². The fraction of sp³-hybridized carbons (Fsp3) is 0.375. The van der Waals surface area contributed by atoms with Crippen LogP contribution in [0.1, 0.15) is 5.69 Å². The van der Waals surface area contributed by atoms with Crippen LogP contribution < -0.4 is 5.32 Å². The molecule has 12 heavy (non-hydrogen) atoms. The molecule has 0 radical (unpaired) electrons. The largest absolute Gasteiger partial charge is 0.387 e. The summed E-state index contributed by atoms with van der Waals surface area (Å²) < 4.78 is 1.84. The smallest absolute Gasteiger partial charge is 0.251 e. The molecular formula is C8H12N2O2. The van der Waals surface area contributed by atoms with Crippen LogP contribution in [0.4, 0.5) is 5.82 Å². The van der Waals surface area contributed by atoms with Gasteiger partial charge in [0.15, 0.2) is 0 Å². The molecule has 0 fully saturated rings. The first-order chi connectivity index (χ1) is 5.65. The lowest BCUT2D eigenvalue weighted by molar-refractivity contribution is -0.118. The number of aliphatic hydroxyl groups excluding tert-OH is 1. The van der Waals surface area contributed by atoms with E-state index in [0.29, 0.717) is 5.82 Å². The van der Waals surface area contributed by atoms with Crippen molar-refractivity contribution in [3.05, 3.63) is 17.8 Å². The Bertz CT molecular complexity index is 291. The number of aryl methyl sites for hydroxylation is 1. The predicted octanol–water partition coefficient (Wildman–Crippen LogP) is 0.264. The first kappa shape index (κ1) is 8.80. The van der Waals surface area contributed by atoms with E-state index in [1.165, 1.54) is 0 Å². The maximum Gasteiger partial charge on any atom is 0.251 e. The quantitative estimate of drug-likeness (QED) is 0.665. The van der Waals surface area contributed by atoms with Gasteiger partial charge in [0.25, 0.3) is 5.91 Å². The van der Waals surface area contributed by atoms with Gasteiger partial charge < -0.3 is 15.0 Å². The predicted molar refractivity (Wildman–Crippen MR) is 45.9 cm³/mol. The molecule has 0 saturated carbocycles. The number of aliphatic hydroxyl groups is 1. The summed E-state index contributed by atoms with van der Waals surface area (Å²) in [6.07, 6.45) is 0. The van der Waals surface area contributed by atoms with E-state index in [2.05, 4.69) is 5.32 Å². The van der Waals surface area contributed by atoms with E-state index in [9.17, 15) is 4.79 Å². The van der Waals surface area contributed by atoms with Crippen LogP contribution in [0.5, 0.6) is 0 Å². The van der Waals surface area contributed by atoms with Gasteiger partial charge in [-0.3, -0.25) is 4.79 Å². The van der Waals surface area contributed by atoms with Gasteiger partial charge in [-0.15, -0.1) is 0 Å². The van der Waals surface area contributed by atoms with E-state index in [-0.39, 0.29) is 0 Å². The number of nitrogens with zero attached hydrogens (tertiary/aromatic N) is 1. The summed E-state index contributed by atoms with van der Waals surface area (Å²) in [4.78, 5) is 10.8. The van der Waals surface area contributed by atoms with Crippen molar-refractivity contribution in [3.8, 4) is 0 Å². The Balaban J connectivity index is 2.76. The average molecular weight is 168 g/mol. The lowest BCUT2D eigenvalue weighted by atomic mass is 10.5. The molecule has 0 aromatic carbocycles. The first-order valence-electron chi connectivity index (χ1n) is 3.68. The molecule has 1 amide bonds. The molecule has 1 aromatic rings. The molecule has 1 heterocycles. The molecule has 1 rings (SSSR count). The molecular weight excluding hydrogens is 156 g/mol. The van der Waals surface area contributed by atoms with Gasteiger partial charge in [0.05, 0.1) is 0 Å². The molecule has 0 aliphatic heterocycles. The Kier molecular flexibility index (Phi) is 2.50. The Morgan fingerprint density at radius 2 is 2.33 bits per heavy atom.